The van der Waals surface area contributed by atoms with E-state index in [0.717, 1.165) is 41.3 Å². The number of nitrogens with zero attached hydrogens (tertiary/aromatic N) is 2. The molecular weight excluding hydrogens is 270 g/mol. The Hall–Kier alpha value is -2.42. The molecular formula is C19H21N3. The first kappa shape index (κ1) is 14.5. The van der Waals surface area contributed by atoms with Crippen LogP contribution in [-0.4, -0.2) is 15.0 Å². The Labute approximate surface area is 131 Å². The lowest BCUT2D eigenvalue weighted by Gasteiger charge is -2.05. The predicted molar refractivity (Wildman–Crippen MR) is 90.7 cm³/mol. The molecule has 0 fully saturated rings. The molecule has 2 heterocycles. The molecule has 0 amide bonds. The van der Waals surface area contributed by atoms with Gasteiger partial charge in [-0.05, 0) is 44.5 Å². The van der Waals surface area contributed by atoms with Crippen molar-refractivity contribution in [2.24, 2.45) is 0 Å². The van der Waals surface area contributed by atoms with Gasteiger partial charge in [-0.2, -0.15) is 0 Å². The van der Waals surface area contributed by atoms with Crippen LogP contribution in [0.2, 0.25) is 0 Å². The van der Waals surface area contributed by atoms with E-state index in [-0.39, 0.29) is 0 Å². The maximum Gasteiger partial charge on any atom is 0.107 e. The molecule has 0 saturated carbocycles. The summed E-state index contributed by atoms with van der Waals surface area (Å²) in [6.45, 7) is 6.41. The van der Waals surface area contributed by atoms with Crippen LogP contribution in [0.1, 0.15) is 30.3 Å². The van der Waals surface area contributed by atoms with Crippen molar-refractivity contribution in [3.8, 4) is 22.6 Å². The number of pyridine rings is 1. The fourth-order valence-corrected chi connectivity index (χ4v) is 2.79. The van der Waals surface area contributed by atoms with Gasteiger partial charge in [-0.3, -0.25) is 4.98 Å². The fourth-order valence-electron chi connectivity index (χ4n) is 2.79. The number of aromatic nitrogens is 3. The molecule has 112 valence electrons. The molecule has 0 radical (unpaired) electrons. The molecule has 0 atom stereocenters. The summed E-state index contributed by atoms with van der Waals surface area (Å²) in [5.41, 5.74) is 6.59. The summed E-state index contributed by atoms with van der Waals surface area (Å²) in [5, 5.41) is 0. The van der Waals surface area contributed by atoms with Crippen molar-refractivity contribution >= 4 is 0 Å². The maximum absolute atomic E-state index is 4.83. The van der Waals surface area contributed by atoms with Crippen molar-refractivity contribution in [3.05, 3.63) is 59.5 Å². The monoisotopic (exact) mass is 291 g/mol. The molecule has 3 rings (SSSR count). The summed E-state index contributed by atoms with van der Waals surface area (Å²) in [5.74, 6) is 1.03. The molecule has 3 aromatic rings. The zero-order valence-electron chi connectivity index (χ0n) is 13.4. The third-order valence-electron chi connectivity index (χ3n) is 3.66. The predicted octanol–water partition coefficient (Wildman–Crippen LogP) is 4.71. The zero-order chi connectivity index (χ0) is 15.5. The molecule has 3 nitrogen and oxygen atoms in total. The molecule has 2 aromatic heterocycles. The van der Waals surface area contributed by atoms with E-state index in [0.29, 0.717) is 0 Å². The first-order valence-corrected chi connectivity index (χ1v) is 7.76. The van der Waals surface area contributed by atoms with Crippen LogP contribution in [0.4, 0.5) is 0 Å². The van der Waals surface area contributed by atoms with E-state index >= 15 is 0 Å². The van der Waals surface area contributed by atoms with Gasteiger partial charge in [0.2, 0.25) is 0 Å². The lowest BCUT2D eigenvalue weighted by atomic mass is 10.0. The Balaban J connectivity index is 2.17. The van der Waals surface area contributed by atoms with Crippen LogP contribution in [0.25, 0.3) is 22.6 Å². The average molecular weight is 291 g/mol. The van der Waals surface area contributed by atoms with Crippen LogP contribution in [0.15, 0.2) is 42.6 Å². The second-order valence-corrected chi connectivity index (χ2v) is 5.75. The van der Waals surface area contributed by atoms with Crippen molar-refractivity contribution in [2.75, 3.05) is 0 Å². The van der Waals surface area contributed by atoms with Crippen LogP contribution >= 0.6 is 0 Å². The van der Waals surface area contributed by atoms with Gasteiger partial charge in [0, 0.05) is 18.2 Å². The number of hydrogen-bond donors (Lipinski definition) is 1. The smallest absolute Gasteiger partial charge is 0.107 e. The van der Waals surface area contributed by atoms with Crippen molar-refractivity contribution < 1.29 is 0 Å². The van der Waals surface area contributed by atoms with E-state index in [1.54, 1.807) is 0 Å². The second kappa shape index (κ2) is 6.14. The van der Waals surface area contributed by atoms with Crippen molar-refractivity contribution in [2.45, 2.75) is 33.6 Å². The molecule has 1 N–H and O–H groups in total. The Morgan fingerprint density at radius 3 is 2.45 bits per heavy atom. The first-order chi connectivity index (χ1) is 10.7. The van der Waals surface area contributed by atoms with Gasteiger partial charge in [-0.1, -0.05) is 30.2 Å². The summed E-state index contributed by atoms with van der Waals surface area (Å²) >= 11 is 0. The van der Waals surface area contributed by atoms with Crippen LogP contribution in [0.3, 0.4) is 0 Å². The topological polar surface area (TPSA) is 41.6 Å². The van der Waals surface area contributed by atoms with Crippen molar-refractivity contribution in [1.29, 1.82) is 0 Å². The number of H-pyrrole nitrogens is 1. The highest BCUT2D eigenvalue weighted by Crippen LogP contribution is 2.30. The SMILES string of the molecule is CCCc1nc(-c2cc(C)cc(C)c2)c(-c2ccccn2)[nH]1. The molecule has 0 saturated heterocycles. The second-order valence-electron chi connectivity index (χ2n) is 5.75. The number of rotatable bonds is 4. The van der Waals surface area contributed by atoms with Gasteiger partial charge in [-0.25, -0.2) is 4.98 Å². The zero-order valence-corrected chi connectivity index (χ0v) is 13.4. The third-order valence-corrected chi connectivity index (χ3v) is 3.66. The van der Waals surface area contributed by atoms with E-state index in [1.807, 2.05) is 24.4 Å². The van der Waals surface area contributed by atoms with Crippen molar-refractivity contribution in [1.82, 2.24) is 15.0 Å². The minimum absolute atomic E-state index is 0.937. The van der Waals surface area contributed by atoms with E-state index in [1.165, 1.54) is 11.1 Å². The van der Waals surface area contributed by atoms with Crippen LogP contribution in [0, 0.1) is 13.8 Å². The number of nitrogens with one attached hydrogen (secondary N) is 1. The first-order valence-electron chi connectivity index (χ1n) is 7.76. The maximum atomic E-state index is 4.83. The number of aryl methyl sites for hydroxylation is 3. The number of hydrogen-bond acceptors (Lipinski definition) is 2. The third kappa shape index (κ3) is 2.93. The highest BCUT2D eigenvalue weighted by molar-refractivity contribution is 5.77. The van der Waals surface area contributed by atoms with Gasteiger partial charge in [-0.15, -0.1) is 0 Å². The molecule has 22 heavy (non-hydrogen) atoms. The highest BCUT2D eigenvalue weighted by Gasteiger charge is 2.15. The summed E-state index contributed by atoms with van der Waals surface area (Å²) in [6.07, 6.45) is 3.84. The van der Waals surface area contributed by atoms with Gasteiger partial charge in [0.1, 0.15) is 5.82 Å². The largest absolute Gasteiger partial charge is 0.340 e. The van der Waals surface area contributed by atoms with E-state index in [9.17, 15) is 0 Å². The van der Waals surface area contributed by atoms with Crippen molar-refractivity contribution in [3.63, 3.8) is 0 Å². The van der Waals surface area contributed by atoms with Gasteiger partial charge >= 0.3 is 0 Å². The Morgan fingerprint density at radius 2 is 1.82 bits per heavy atom. The lowest BCUT2D eigenvalue weighted by molar-refractivity contribution is 0.857. The van der Waals surface area contributed by atoms with Gasteiger partial charge < -0.3 is 4.98 Å². The quantitative estimate of drug-likeness (QED) is 0.756. The molecule has 3 heteroatoms. The number of aromatic amines is 1. The molecule has 0 aliphatic carbocycles. The minimum Gasteiger partial charge on any atom is -0.340 e. The molecule has 0 bridgehead atoms. The van der Waals surface area contributed by atoms with Crippen LogP contribution in [0.5, 0.6) is 0 Å². The number of imidazole rings is 1. The normalized spacial score (nSPS) is 10.9. The van der Waals surface area contributed by atoms with Gasteiger partial charge in [0.25, 0.3) is 0 Å². The molecule has 1 aromatic carbocycles. The van der Waals surface area contributed by atoms with E-state index in [2.05, 4.69) is 48.9 Å². The Morgan fingerprint density at radius 1 is 1.05 bits per heavy atom. The van der Waals surface area contributed by atoms with E-state index < -0.39 is 0 Å². The summed E-state index contributed by atoms with van der Waals surface area (Å²) in [7, 11) is 0. The number of benzene rings is 1. The van der Waals surface area contributed by atoms with E-state index in [4.69, 9.17) is 4.98 Å². The summed E-state index contributed by atoms with van der Waals surface area (Å²) in [4.78, 5) is 12.8. The minimum atomic E-state index is 0.937. The Kier molecular flexibility index (Phi) is 4.05. The Bertz CT molecular complexity index is 752. The average Bonchev–Trinajstić information content (AvgIpc) is 2.92. The standard InChI is InChI=1S/C19H21N3/c1-4-7-17-21-18(15-11-13(2)10-14(3)12-15)19(22-17)16-8-5-6-9-20-16/h5-6,8-12H,4,7H2,1-3H3,(H,21,22). The summed E-state index contributed by atoms with van der Waals surface area (Å²) < 4.78 is 0. The van der Waals surface area contributed by atoms with Gasteiger partial charge in [0.05, 0.1) is 17.1 Å². The summed E-state index contributed by atoms with van der Waals surface area (Å²) in [6, 6.07) is 12.5. The molecule has 0 spiro atoms. The van der Waals surface area contributed by atoms with Crippen LogP contribution < -0.4 is 0 Å². The molecule has 0 unspecified atom stereocenters. The van der Waals surface area contributed by atoms with Crippen LogP contribution in [-0.2, 0) is 6.42 Å². The fraction of sp³-hybridized carbons (Fsp3) is 0.263. The lowest BCUT2D eigenvalue weighted by Crippen LogP contribution is -1.88. The molecule has 0 aliphatic rings. The molecule has 0 aliphatic heterocycles. The van der Waals surface area contributed by atoms with Gasteiger partial charge in [0.15, 0.2) is 0 Å². The highest BCUT2D eigenvalue weighted by atomic mass is 15.0.